The Balaban J connectivity index is 1.84. The Morgan fingerprint density at radius 2 is 2.28 bits per heavy atom. The SMILES string of the molecule is CCN1CCC(CNC(=O)c2ccccc2I)C1. The third-order valence-corrected chi connectivity index (χ3v) is 4.43. The molecular formula is C14H19IN2O. The van der Waals surface area contributed by atoms with E-state index in [-0.39, 0.29) is 5.91 Å². The first-order valence-electron chi connectivity index (χ1n) is 6.45. The summed E-state index contributed by atoms with van der Waals surface area (Å²) in [5.41, 5.74) is 0.781. The van der Waals surface area contributed by atoms with Crippen molar-refractivity contribution < 1.29 is 4.79 Å². The van der Waals surface area contributed by atoms with Crippen molar-refractivity contribution >= 4 is 28.5 Å². The third-order valence-electron chi connectivity index (χ3n) is 3.49. The van der Waals surface area contributed by atoms with Gasteiger partial charge >= 0.3 is 0 Å². The van der Waals surface area contributed by atoms with E-state index in [9.17, 15) is 4.79 Å². The molecule has 1 unspecified atom stereocenters. The topological polar surface area (TPSA) is 32.3 Å². The number of rotatable bonds is 4. The van der Waals surface area contributed by atoms with E-state index in [0.29, 0.717) is 5.92 Å². The lowest BCUT2D eigenvalue weighted by Crippen LogP contribution is -2.31. The summed E-state index contributed by atoms with van der Waals surface area (Å²) in [6, 6.07) is 7.70. The molecule has 1 N–H and O–H groups in total. The average molecular weight is 358 g/mol. The molecule has 1 atom stereocenters. The van der Waals surface area contributed by atoms with Gasteiger partial charge in [-0.15, -0.1) is 0 Å². The number of nitrogens with zero attached hydrogens (tertiary/aromatic N) is 1. The van der Waals surface area contributed by atoms with E-state index < -0.39 is 0 Å². The summed E-state index contributed by atoms with van der Waals surface area (Å²) in [6.07, 6.45) is 1.19. The van der Waals surface area contributed by atoms with Crippen LogP contribution in [0.4, 0.5) is 0 Å². The molecule has 0 bridgehead atoms. The van der Waals surface area contributed by atoms with Crippen LogP contribution in [0.2, 0.25) is 0 Å². The lowest BCUT2D eigenvalue weighted by atomic mass is 10.1. The Morgan fingerprint density at radius 1 is 1.50 bits per heavy atom. The van der Waals surface area contributed by atoms with Crippen molar-refractivity contribution in [3.05, 3.63) is 33.4 Å². The maximum Gasteiger partial charge on any atom is 0.252 e. The molecule has 4 heteroatoms. The predicted molar refractivity (Wildman–Crippen MR) is 81.7 cm³/mol. The number of carbonyl (C=O) groups excluding carboxylic acids is 1. The molecule has 0 radical (unpaired) electrons. The predicted octanol–water partition coefficient (Wildman–Crippen LogP) is 2.36. The van der Waals surface area contributed by atoms with Gasteiger partial charge in [-0.1, -0.05) is 19.1 Å². The minimum atomic E-state index is 0.0509. The normalized spacial score (nSPS) is 20.0. The highest BCUT2D eigenvalue weighted by Crippen LogP contribution is 2.15. The number of carbonyl (C=O) groups is 1. The summed E-state index contributed by atoms with van der Waals surface area (Å²) in [6.45, 7) is 6.37. The van der Waals surface area contributed by atoms with Crippen molar-refractivity contribution in [3.8, 4) is 0 Å². The van der Waals surface area contributed by atoms with Crippen LogP contribution < -0.4 is 5.32 Å². The van der Waals surface area contributed by atoms with Crippen molar-refractivity contribution in [2.75, 3.05) is 26.2 Å². The molecule has 1 aliphatic rings. The Morgan fingerprint density at radius 3 is 2.94 bits per heavy atom. The maximum atomic E-state index is 12.0. The fourth-order valence-electron chi connectivity index (χ4n) is 2.34. The quantitative estimate of drug-likeness (QED) is 0.839. The van der Waals surface area contributed by atoms with E-state index in [1.165, 1.54) is 13.0 Å². The van der Waals surface area contributed by atoms with Crippen LogP contribution in [0.15, 0.2) is 24.3 Å². The summed E-state index contributed by atoms with van der Waals surface area (Å²) in [5.74, 6) is 0.658. The van der Waals surface area contributed by atoms with E-state index in [1.54, 1.807) is 0 Å². The highest BCUT2D eigenvalue weighted by Gasteiger charge is 2.21. The number of benzene rings is 1. The minimum absolute atomic E-state index is 0.0509. The number of nitrogens with one attached hydrogen (secondary N) is 1. The van der Waals surface area contributed by atoms with E-state index in [4.69, 9.17) is 0 Å². The zero-order valence-electron chi connectivity index (χ0n) is 10.7. The van der Waals surface area contributed by atoms with E-state index in [0.717, 1.165) is 28.8 Å². The molecule has 2 rings (SSSR count). The first kappa shape index (κ1) is 13.8. The zero-order valence-corrected chi connectivity index (χ0v) is 12.8. The van der Waals surface area contributed by atoms with Crippen LogP contribution >= 0.6 is 22.6 Å². The van der Waals surface area contributed by atoms with Gasteiger partial charge in [-0.2, -0.15) is 0 Å². The molecular weight excluding hydrogens is 339 g/mol. The van der Waals surface area contributed by atoms with Crippen LogP contribution in [0.1, 0.15) is 23.7 Å². The van der Waals surface area contributed by atoms with Crippen LogP contribution in [-0.2, 0) is 0 Å². The third kappa shape index (κ3) is 3.45. The molecule has 1 saturated heterocycles. The van der Waals surface area contributed by atoms with Crippen LogP contribution in [-0.4, -0.2) is 37.0 Å². The van der Waals surface area contributed by atoms with Crippen LogP contribution in [0.5, 0.6) is 0 Å². The number of hydrogen-bond donors (Lipinski definition) is 1. The molecule has 1 fully saturated rings. The van der Waals surface area contributed by atoms with Crippen molar-refractivity contribution in [1.29, 1.82) is 0 Å². The van der Waals surface area contributed by atoms with Gasteiger partial charge in [-0.25, -0.2) is 0 Å². The Bertz CT molecular complexity index is 422. The molecule has 1 amide bonds. The minimum Gasteiger partial charge on any atom is -0.352 e. The van der Waals surface area contributed by atoms with Crippen LogP contribution in [0.3, 0.4) is 0 Å². The Hall–Kier alpha value is -0.620. The van der Waals surface area contributed by atoms with Crippen molar-refractivity contribution in [2.45, 2.75) is 13.3 Å². The maximum absolute atomic E-state index is 12.0. The van der Waals surface area contributed by atoms with E-state index in [1.807, 2.05) is 24.3 Å². The molecule has 0 saturated carbocycles. The Kier molecular flexibility index (Phi) is 5.00. The highest BCUT2D eigenvalue weighted by atomic mass is 127. The van der Waals surface area contributed by atoms with Gasteiger partial charge in [0.25, 0.3) is 5.91 Å². The standard InChI is InChI=1S/C14H19IN2O/c1-2-17-8-7-11(10-17)9-16-14(18)12-5-3-4-6-13(12)15/h3-6,11H,2,7-10H2,1H3,(H,16,18). The smallest absolute Gasteiger partial charge is 0.252 e. The second-order valence-corrected chi connectivity index (χ2v) is 5.90. The largest absolute Gasteiger partial charge is 0.352 e. The van der Waals surface area contributed by atoms with E-state index >= 15 is 0 Å². The van der Waals surface area contributed by atoms with Crippen LogP contribution in [0.25, 0.3) is 0 Å². The molecule has 1 aromatic rings. The second kappa shape index (κ2) is 6.52. The molecule has 3 nitrogen and oxygen atoms in total. The number of likely N-dealkylation sites (tertiary alicyclic amines) is 1. The van der Waals surface area contributed by atoms with Gasteiger partial charge in [0.2, 0.25) is 0 Å². The fraction of sp³-hybridized carbons (Fsp3) is 0.500. The van der Waals surface area contributed by atoms with Crippen molar-refractivity contribution in [3.63, 3.8) is 0 Å². The first-order valence-corrected chi connectivity index (χ1v) is 7.53. The van der Waals surface area contributed by atoms with E-state index in [2.05, 4.69) is 39.7 Å². The second-order valence-electron chi connectivity index (χ2n) is 4.74. The van der Waals surface area contributed by atoms with Gasteiger partial charge in [-0.3, -0.25) is 4.79 Å². The van der Waals surface area contributed by atoms with Crippen molar-refractivity contribution in [2.24, 2.45) is 5.92 Å². The first-order chi connectivity index (χ1) is 8.70. The number of amides is 1. The Labute approximate surface area is 122 Å². The molecule has 18 heavy (non-hydrogen) atoms. The van der Waals surface area contributed by atoms with Gasteiger partial charge in [0, 0.05) is 16.7 Å². The summed E-state index contributed by atoms with van der Waals surface area (Å²) in [4.78, 5) is 14.5. The van der Waals surface area contributed by atoms with Crippen LogP contribution in [0, 0.1) is 9.49 Å². The summed E-state index contributed by atoms with van der Waals surface area (Å²) >= 11 is 2.20. The molecule has 1 aliphatic heterocycles. The monoisotopic (exact) mass is 358 g/mol. The summed E-state index contributed by atoms with van der Waals surface area (Å²) in [7, 11) is 0. The highest BCUT2D eigenvalue weighted by molar-refractivity contribution is 14.1. The molecule has 98 valence electrons. The lowest BCUT2D eigenvalue weighted by molar-refractivity contribution is 0.0946. The molecule has 1 heterocycles. The van der Waals surface area contributed by atoms with Gasteiger partial charge in [0.15, 0.2) is 0 Å². The van der Waals surface area contributed by atoms with Gasteiger partial charge in [-0.05, 0) is 60.2 Å². The van der Waals surface area contributed by atoms with Gasteiger partial charge in [0.1, 0.15) is 0 Å². The van der Waals surface area contributed by atoms with Gasteiger partial charge < -0.3 is 10.2 Å². The number of halogens is 1. The zero-order chi connectivity index (χ0) is 13.0. The van der Waals surface area contributed by atoms with Gasteiger partial charge in [0.05, 0.1) is 5.56 Å². The van der Waals surface area contributed by atoms with Crippen molar-refractivity contribution in [1.82, 2.24) is 10.2 Å². The molecule has 0 aromatic heterocycles. The fourth-order valence-corrected chi connectivity index (χ4v) is 2.98. The summed E-state index contributed by atoms with van der Waals surface area (Å²) < 4.78 is 1.01. The number of hydrogen-bond acceptors (Lipinski definition) is 2. The molecule has 1 aromatic carbocycles. The lowest BCUT2D eigenvalue weighted by Gasteiger charge is -2.14. The summed E-state index contributed by atoms with van der Waals surface area (Å²) in [5, 5.41) is 3.06. The molecule has 0 spiro atoms. The molecule has 0 aliphatic carbocycles. The average Bonchev–Trinajstić information content (AvgIpc) is 2.84.